The number of guanidine groups is 1. The Kier molecular flexibility index (Phi) is 5.34. The number of rotatable bonds is 6. The highest BCUT2D eigenvalue weighted by molar-refractivity contribution is 7.89. The first-order valence-corrected chi connectivity index (χ1v) is 10.6. The lowest BCUT2D eigenvalue weighted by molar-refractivity contribution is 0.259. The summed E-state index contributed by atoms with van der Waals surface area (Å²) in [5.74, 6) is 0.143. The van der Waals surface area contributed by atoms with Crippen LogP contribution in [0.4, 0.5) is 0 Å². The third-order valence-electron chi connectivity index (χ3n) is 5.38. The number of hydrogen-bond donors (Lipinski definition) is 2. The summed E-state index contributed by atoms with van der Waals surface area (Å²) in [6.45, 7) is 2.98. The summed E-state index contributed by atoms with van der Waals surface area (Å²) in [5, 5.41) is 8.53. The Balaban J connectivity index is 1.85. The molecule has 3 N–H and O–H groups in total. The van der Waals surface area contributed by atoms with E-state index >= 15 is 0 Å². The van der Waals surface area contributed by atoms with E-state index in [0.717, 1.165) is 31.2 Å². The lowest BCUT2D eigenvalue weighted by atomic mass is 10.1. The van der Waals surface area contributed by atoms with Crippen molar-refractivity contribution in [3.05, 3.63) is 29.8 Å². The molecule has 25 heavy (non-hydrogen) atoms. The Morgan fingerprint density at radius 1 is 1.20 bits per heavy atom. The molecular formula is C18H28N4O2S. The fourth-order valence-corrected chi connectivity index (χ4v) is 5.41. The van der Waals surface area contributed by atoms with Gasteiger partial charge in [-0.15, -0.1) is 0 Å². The minimum absolute atomic E-state index is 0.0990. The molecule has 3 rings (SSSR count). The van der Waals surface area contributed by atoms with Gasteiger partial charge in [0.1, 0.15) is 0 Å². The highest BCUT2D eigenvalue weighted by Gasteiger charge is 2.43. The van der Waals surface area contributed by atoms with E-state index in [9.17, 15) is 8.42 Å². The fraction of sp³-hybridized carbons (Fsp3) is 0.611. The van der Waals surface area contributed by atoms with Gasteiger partial charge in [0.2, 0.25) is 5.96 Å². The van der Waals surface area contributed by atoms with Crippen molar-refractivity contribution in [3.8, 4) is 0 Å². The lowest BCUT2D eigenvalue weighted by Crippen LogP contribution is -2.43. The van der Waals surface area contributed by atoms with Gasteiger partial charge in [-0.2, -0.15) is 0 Å². The molecule has 2 aliphatic rings. The predicted molar refractivity (Wildman–Crippen MR) is 99.0 cm³/mol. The number of nitrogens with one attached hydrogen (secondary N) is 1. The van der Waals surface area contributed by atoms with Crippen LogP contribution in [0, 0.1) is 5.41 Å². The van der Waals surface area contributed by atoms with Gasteiger partial charge >= 0.3 is 0 Å². The Bertz CT molecular complexity index is 711. The number of hydrogen-bond acceptors (Lipinski definition) is 4. The standard InChI is InChI=1S/C18H28N4O2S/c1-2-15-13-21(18(20)22(15)16-5-3-4-6-16)25(23,24)17-9-7-14(8-10-17)11-12-19/h7-10,15-16,20H,2-6,11-13,19H2,1H3. The van der Waals surface area contributed by atoms with Gasteiger partial charge < -0.3 is 10.6 Å². The zero-order valence-corrected chi connectivity index (χ0v) is 15.6. The van der Waals surface area contributed by atoms with E-state index in [1.807, 2.05) is 17.0 Å². The second-order valence-electron chi connectivity index (χ2n) is 6.95. The maximum absolute atomic E-state index is 13.1. The average molecular weight is 365 g/mol. The highest BCUT2D eigenvalue weighted by atomic mass is 32.2. The van der Waals surface area contributed by atoms with Crippen molar-refractivity contribution in [1.82, 2.24) is 9.21 Å². The molecule has 2 fully saturated rings. The van der Waals surface area contributed by atoms with E-state index in [2.05, 4.69) is 6.92 Å². The minimum Gasteiger partial charge on any atom is -0.334 e. The van der Waals surface area contributed by atoms with Crippen LogP contribution in [0.5, 0.6) is 0 Å². The molecule has 138 valence electrons. The van der Waals surface area contributed by atoms with E-state index in [1.165, 1.54) is 17.1 Å². The second-order valence-corrected chi connectivity index (χ2v) is 8.81. The van der Waals surface area contributed by atoms with Crippen molar-refractivity contribution in [1.29, 1.82) is 5.41 Å². The molecule has 1 atom stereocenters. The smallest absolute Gasteiger partial charge is 0.266 e. The van der Waals surface area contributed by atoms with E-state index < -0.39 is 10.0 Å². The van der Waals surface area contributed by atoms with Crippen molar-refractivity contribution < 1.29 is 8.42 Å². The summed E-state index contributed by atoms with van der Waals surface area (Å²) in [5.41, 5.74) is 6.57. The Hall–Kier alpha value is -1.60. The van der Waals surface area contributed by atoms with Crippen molar-refractivity contribution >= 4 is 16.0 Å². The van der Waals surface area contributed by atoms with Crippen LogP contribution in [0.15, 0.2) is 29.2 Å². The van der Waals surface area contributed by atoms with Crippen LogP contribution in [0.3, 0.4) is 0 Å². The van der Waals surface area contributed by atoms with Crippen LogP contribution in [-0.2, 0) is 16.4 Å². The summed E-state index contributed by atoms with van der Waals surface area (Å²) in [6.07, 6.45) is 6.02. The average Bonchev–Trinajstić information content (AvgIpc) is 3.23. The molecule has 1 aromatic rings. The van der Waals surface area contributed by atoms with Gasteiger partial charge in [0, 0.05) is 6.04 Å². The van der Waals surface area contributed by atoms with E-state index in [4.69, 9.17) is 11.1 Å². The summed E-state index contributed by atoms with van der Waals surface area (Å²) >= 11 is 0. The van der Waals surface area contributed by atoms with Gasteiger partial charge in [0.15, 0.2) is 0 Å². The van der Waals surface area contributed by atoms with Crippen LogP contribution >= 0.6 is 0 Å². The normalized spacial score (nSPS) is 22.2. The molecule has 7 heteroatoms. The maximum Gasteiger partial charge on any atom is 0.266 e. The second kappa shape index (κ2) is 7.33. The number of nitrogens with zero attached hydrogens (tertiary/aromatic N) is 2. The van der Waals surface area contributed by atoms with Gasteiger partial charge in [-0.05, 0) is 49.9 Å². The van der Waals surface area contributed by atoms with Crippen molar-refractivity contribution in [2.75, 3.05) is 13.1 Å². The Morgan fingerprint density at radius 2 is 1.84 bits per heavy atom. The van der Waals surface area contributed by atoms with Crippen LogP contribution in [0.1, 0.15) is 44.6 Å². The topological polar surface area (TPSA) is 90.5 Å². The quantitative estimate of drug-likeness (QED) is 0.809. The van der Waals surface area contributed by atoms with E-state index in [-0.39, 0.29) is 16.9 Å². The first-order valence-electron chi connectivity index (χ1n) is 9.17. The van der Waals surface area contributed by atoms with Crippen LogP contribution in [0.2, 0.25) is 0 Å². The zero-order valence-electron chi connectivity index (χ0n) is 14.8. The van der Waals surface area contributed by atoms with Crippen molar-refractivity contribution in [2.24, 2.45) is 5.73 Å². The molecule has 0 spiro atoms. The van der Waals surface area contributed by atoms with Crippen LogP contribution in [0.25, 0.3) is 0 Å². The largest absolute Gasteiger partial charge is 0.334 e. The molecule has 1 aliphatic heterocycles. The molecule has 1 unspecified atom stereocenters. The zero-order chi connectivity index (χ0) is 18.0. The molecule has 0 aromatic heterocycles. The molecule has 1 saturated carbocycles. The summed E-state index contributed by atoms with van der Waals surface area (Å²) in [6, 6.07) is 7.29. The van der Waals surface area contributed by atoms with E-state index in [1.54, 1.807) is 12.1 Å². The monoisotopic (exact) mass is 364 g/mol. The highest BCUT2D eigenvalue weighted by Crippen LogP contribution is 2.33. The number of benzene rings is 1. The van der Waals surface area contributed by atoms with Crippen LogP contribution < -0.4 is 5.73 Å². The first kappa shape index (κ1) is 18.2. The first-order chi connectivity index (χ1) is 12.0. The SMILES string of the molecule is CCC1CN(S(=O)(=O)c2ccc(CCN)cc2)C(=N)N1C1CCCC1. The summed E-state index contributed by atoms with van der Waals surface area (Å²) in [4.78, 5) is 2.30. The molecule has 1 aromatic carbocycles. The fourth-order valence-electron chi connectivity index (χ4n) is 3.98. The minimum atomic E-state index is -3.69. The molecule has 1 aliphatic carbocycles. The van der Waals surface area contributed by atoms with Gasteiger partial charge in [0.05, 0.1) is 17.5 Å². The Labute approximate surface area is 150 Å². The third-order valence-corrected chi connectivity index (χ3v) is 7.15. The molecule has 6 nitrogen and oxygen atoms in total. The summed E-state index contributed by atoms with van der Waals surface area (Å²) < 4.78 is 27.4. The third kappa shape index (κ3) is 3.40. The van der Waals surface area contributed by atoms with Gasteiger partial charge in [-0.3, -0.25) is 5.41 Å². The molecule has 0 bridgehead atoms. The van der Waals surface area contributed by atoms with Gasteiger partial charge in [-0.1, -0.05) is 31.9 Å². The molecule has 0 amide bonds. The van der Waals surface area contributed by atoms with Crippen molar-refractivity contribution in [3.63, 3.8) is 0 Å². The molecule has 0 radical (unpaired) electrons. The van der Waals surface area contributed by atoms with Crippen LogP contribution in [-0.4, -0.2) is 48.8 Å². The maximum atomic E-state index is 13.1. The lowest BCUT2D eigenvalue weighted by Gasteiger charge is -2.30. The predicted octanol–water partition coefficient (Wildman–Crippen LogP) is 2.15. The van der Waals surface area contributed by atoms with Crippen molar-refractivity contribution in [2.45, 2.75) is 62.4 Å². The van der Waals surface area contributed by atoms with Gasteiger partial charge in [-0.25, -0.2) is 12.7 Å². The van der Waals surface area contributed by atoms with Gasteiger partial charge in [0.25, 0.3) is 10.0 Å². The van der Waals surface area contributed by atoms with E-state index in [0.29, 0.717) is 19.1 Å². The Morgan fingerprint density at radius 3 is 2.40 bits per heavy atom. The summed E-state index contributed by atoms with van der Waals surface area (Å²) in [7, 11) is -3.69. The molecule has 1 saturated heterocycles. The molecular weight excluding hydrogens is 336 g/mol. The molecule has 1 heterocycles. The number of nitrogens with two attached hydrogens (primary N) is 1. The number of sulfonamides is 1.